The van der Waals surface area contributed by atoms with Gasteiger partial charge in [0, 0.05) is 0 Å². The molecule has 0 aromatic carbocycles. The molecule has 0 spiro atoms. The average Bonchev–Trinajstić information content (AvgIpc) is 2.82. The molecule has 0 radical (unpaired) electrons. The molecule has 0 aliphatic rings. The molecule has 2 heterocycles. The maximum absolute atomic E-state index is 10.9. The minimum absolute atomic E-state index is 0.155. The summed E-state index contributed by atoms with van der Waals surface area (Å²) in [5, 5.41) is 3.76. The number of aryl methyl sites for hydroxylation is 1. The number of carbonyl (C=O) groups is 1. The Labute approximate surface area is 112 Å². The summed E-state index contributed by atoms with van der Waals surface area (Å²) in [6.45, 7) is 4.35. The van der Waals surface area contributed by atoms with E-state index in [1.165, 1.54) is 0 Å². The Kier molecular flexibility index (Phi) is 3.40. The van der Waals surface area contributed by atoms with E-state index in [2.05, 4.69) is 21.0 Å². The van der Waals surface area contributed by atoms with E-state index in [9.17, 15) is 4.79 Å². The lowest BCUT2D eigenvalue weighted by Gasteiger charge is -2.01. The number of carbonyl (C=O) groups excluding carboxylic acids is 1. The van der Waals surface area contributed by atoms with Gasteiger partial charge in [-0.2, -0.15) is 5.10 Å². The first kappa shape index (κ1) is 12.4. The van der Waals surface area contributed by atoms with Gasteiger partial charge in [-0.25, -0.2) is 0 Å². The van der Waals surface area contributed by atoms with Crippen molar-refractivity contribution in [2.24, 2.45) is 0 Å². The van der Waals surface area contributed by atoms with Crippen LogP contribution in [0.2, 0.25) is 0 Å². The number of rotatable bonds is 3. The lowest BCUT2D eigenvalue weighted by atomic mass is 10.4. The van der Waals surface area contributed by atoms with Crippen molar-refractivity contribution < 1.29 is 9.21 Å². The highest BCUT2D eigenvalue weighted by Crippen LogP contribution is 2.21. The number of aromatic nitrogens is 2. The molecular weight excluding hydrogens is 307 g/mol. The van der Waals surface area contributed by atoms with Crippen LogP contribution in [-0.2, 0) is 6.54 Å². The number of halogens is 2. The zero-order valence-electron chi connectivity index (χ0n) is 9.33. The fourth-order valence-electron chi connectivity index (χ4n) is 1.55. The summed E-state index contributed by atoms with van der Waals surface area (Å²) in [4.78, 5) is 10.9. The first-order valence-corrected chi connectivity index (χ1v) is 6.14. The quantitative estimate of drug-likeness (QED) is 0.816. The summed E-state index contributed by atoms with van der Waals surface area (Å²) >= 11 is 8.77. The third-order valence-electron chi connectivity index (χ3n) is 2.45. The van der Waals surface area contributed by atoms with Crippen LogP contribution < -0.4 is 0 Å². The van der Waals surface area contributed by atoms with E-state index in [0.717, 1.165) is 15.9 Å². The van der Waals surface area contributed by atoms with E-state index < -0.39 is 5.24 Å². The largest absolute Gasteiger partial charge is 0.455 e. The van der Waals surface area contributed by atoms with Crippen LogP contribution in [-0.4, -0.2) is 15.0 Å². The molecule has 0 fully saturated rings. The monoisotopic (exact) mass is 316 g/mol. The van der Waals surface area contributed by atoms with E-state index in [1.54, 1.807) is 16.8 Å². The van der Waals surface area contributed by atoms with E-state index in [0.29, 0.717) is 12.3 Å². The van der Waals surface area contributed by atoms with Crippen molar-refractivity contribution in [3.63, 3.8) is 0 Å². The van der Waals surface area contributed by atoms with Crippen LogP contribution in [0.15, 0.2) is 21.0 Å². The summed E-state index contributed by atoms with van der Waals surface area (Å²) in [6.07, 6.45) is 0. The van der Waals surface area contributed by atoms with Gasteiger partial charge in [-0.3, -0.25) is 9.48 Å². The second kappa shape index (κ2) is 4.66. The average molecular weight is 318 g/mol. The van der Waals surface area contributed by atoms with Crippen molar-refractivity contribution >= 4 is 32.8 Å². The molecule has 0 aliphatic carbocycles. The van der Waals surface area contributed by atoms with E-state index >= 15 is 0 Å². The van der Waals surface area contributed by atoms with Crippen LogP contribution in [0, 0.1) is 13.8 Å². The standard InChI is InChI=1S/C11H10BrClN2O2/c1-6-10(12)7(2)15(14-6)5-8-3-4-9(17-8)11(13)16/h3-4H,5H2,1-2H3. The highest BCUT2D eigenvalue weighted by atomic mass is 79.9. The Morgan fingerprint density at radius 3 is 2.71 bits per heavy atom. The Morgan fingerprint density at radius 1 is 1.53 bits per heavy atom. The van der Waals surface area contributed by atoms with Crippen molar-refractivity contribution in [1.29, 1.82) is 0 Å². The van der Waals surface area contributed by atoms with Crippen molar-refractivity contribution in [1.82, 2.24) is 9.78 Å². The minimum Gasteiger partial charge on any atom is -0.455 e. The van der Waals surface area contributed by atoms with Gasteiger partial charge < -0.3 is 4.42 Å². The zero-order valence-corrected chi connectivity index (χ0v) is 11.7. The van der Waals surface area contributed by atoms with E-state index in [4.69, 9.17) is 16.0 Å². The van der Waals surface area contributed by atoms with Gasteiger partial charge in [-0.05, 0) is 53.5 Å². The molecule has 0 atom stereocenters. The van der Waals surface area contributed by atoms with Gasteiger partial charge in [-0.15, -0.1) is 0 Å². The van der Waals surface area contributed by atoms with Crippen LogP contribution in [0.3, 0.4) is 0 Å². The molecule has 2 rings (SSSR count). The number of hydrogen-bond donors (Lipinski definition) is 0. The molecule has 2 aromatic rings. The molecule has 2 aromatic heterocycles. The Hall–Kier alpha value is -1.07. The first-order chi connectivity index (χ1) is 7.99. The number of furan rings is 1. The predicted molar refractivity (Wildman–Crippen MR) is 67.4 cm³/mol. The molecule has 90 valence electrons. The van der Waals surface area contributed by atoms with Crippen molar-refractivity contribution in [2.45, 2.75) is 20.4 Å². The molecule has 0 saturated carbocycles. The summed E-state index contributed by atoms with van der Waals surface area (Å²) in [7, 11) is 0. The van der Waals surface area contributed by atoms with Gasteiger partial charge in [0.1, 0.15) is 5.76 Å². The predicted octanol–water partition coefficient (Wildman–Crippen LogP) is 3.28. The molecule has 4 nitrogen and oxygen atoms in total. The summed E-state index contributed by atoms with van der Waals surface area (Å²) < 4.78 is 8.09. The zero-order chi connectivity index (χ0) is 12.6. The first-order valence-electron chi connectivity index (χ1n) is 4.97. The Bertz CT molecular complexity index is 574. The summed E-state index contributed by atoms with van der Waals surface area (Å²) in [5.41, 5.74) is 1.93. The van der Waals surface area contributed by atoms with E-state index in [1.807, 2.05) is 13.8 Å². The molecule has 0 N–H and O–H groups in total. The number of nitrogens with zero attached hydrogens (tertiary/aromatic N) is 2. The summed E-state index contributed by atoms with van der Waals surface area (Å²) in [6, 6.07) is 3.28. The van der Waals surface area contributed by atoms with Crippen LogP contribution in [0.5, 0.6) is 0 Å². The molecular formula is C11H10BrClN2O2. The van der Waals surface area contributed by atoms with Gasteiger partial charge >= 0.3 is 0 Å². The fourth-order valence-corrected chi connectivity index (χ4v) is 1.93. The molecule has 0 amide bonds. The van der Waals surface area contributed by atoms with Gasteiger partial charge in [0.25, 0.3) is 5.24 Å². The van der Waals surface area contributed by atoms with Crippen LogP contribution in [0.1, 0.15) is 27.7 Å². The fraction of sp³-hybridized carbons (Fsp3) is 0.273. The van der Waals surface area contributed by atoms with Crippen LogP contribution >= 0.6 is 27.5 Å². The second-order valence-corrected chi connectivity index (χ2v) is 4.82. The van der Waals surface area contributed by atoms with Crippen LogP contribution in [0.25, 0.3) is 0 Å². The maximum Gasteiger partial charge on any atom is 0.287 e. The Morgan fingerprint density at radius 2 is 2.24 bits per heavy atom. The maximum atomic E-state index is 10.9. The molecule has 0 saturated heterocycles. The van der Waals surface area contributed by atoms with Crippen molar-refractivity contribution in [2.75, 3.05) is 0 Å². The van der Waals surface area contributed by atoms with Crippen LogP contribution in [0.4, 0.5) is 0 Å². The molecule has 6 heteroatoms. The smallest absolute Gasteiger partial charge is 0.287 e. The second-order valence-electron chi connectivity index (χ2n) is 3.68. The van der Waals surface area contributed by atoms with E-state index in [-0.39, 0.29) is 5.76 Å². The molecule has 0 bridgehead atoms. The van der Waals surface area contributed by atoms with Gasteiger partial charge in [0.2, 0.25) is 0 Å². The molecule has 17 heavy (non-hydrogen) atoms. The minimum atomic E-state index is -0.592. The molecule has 0 aliphatic heterocycles. The molecule has 0 unspecified atom stereocenters. The normalized spacial score (nSPS) is 10.8. The lowest BCUT2D eigenvalue weighted by molar-refractivity contribution is 0.105. The topological polar surface area (TPSA) is 48.0 Å². The highest BCUT2D eigenvalue weighted by molar-refractivity contribution is 9.10. The third kappa shape index (κ3) is 2.45. The van der Waals surface area contributed by atoms with Crippen molar-refractivity contribution in [3.05, 3.63) is 39.5 Å². The highest BCUT2D eigenvalue weighted by Gasteiger charge is 2.12. The van der Waals surface area contributed by atoms with Gasteiger partial charge in [0.15, 0.2) is 5.76 Å². The Balaban J connectivity index is 2.25. The van der Waals surface area contributed by atoms with Crippen molar-refractivity contribution in [3.8, 4) is 0 Å². The van der Waals surface area contributed by atoms with Gasteiger partial charge in [-0.1, -0.05) is 0 Å². The lowest BCUT2D eigenvalue weighted by Crippen LogP contribution is -2.03. The SMILES string of the molecule is Cc1nn(Cc2ccc(C(=O)Cl)o2)c(C)c1Br. The van der Waals surface area contributed by atoms with Gasteiger partial charge in [0.05, 0.1) is 22.4 Å². The summed E-state index contributed by atoms with van der Waals surface area (Å²) in [5.74, 6) is 0.800. The third-order valence-corrected chi connectivity index (χ3v) is 3.79. The number of hydrogen-bond acceptors (Lipinski definition) is 3.